The van der Waals surface area contributed by atoms with Crippen LogP contribution in [-0.2, 0) is 10.9 Å². The lowest BCUT2D eigenvalue weighted by Gasteiger charge is -2.29. The number of pyridine rings is 1. The van der Waals surface area contributed by atoms with E-state index in [0.717, 1.165) is 42.5 Å². The third-order valence-corrected chi connectivity index (χ3v) is 6.28. The number of carbonyl (C=O) groups is 1. The number of ether oxygens (including phenoxy) is 2. The van der Waals surface area contributed by atoms with Crippen molar-refractivity contribution in [2.45, 2.75) is 37.3 Å². The van der Waals surface area contributed by atoms with Crippen LogP contribution >= 0.6 is 0 Å². The third-order valence-electron chi connectivity index (χ3n) is 6.28. The van der Waals surface area contributed by atoms with Gasteiger partial charge in [-0.15, -0.1) is 0 Å². The SMILES string of the molecule is O=C(c1cnc(Oc2cccc(C(F)(F)F)c2)c2c1C1CCC2C1)N1CCOCC1. The highest BCUT2D eigenvalue weighted by Gasteiger charge is 2.43. The molecule has 0 spiro atoms. The summed E-state index contributed by atoms with van der Waals surface area (Å²) >= 11 is 0. The third kappa shape index (κ3) is 3.33. The van der Waals surface area contributed by atoms with Crippen LogP contribution < -0.4 is 4.74 Å². The standard InChI is InChI=1S/C22H21F3N2O3/c23-22(24,25)15-2-1-3-16(11-15)30-20-19-14-5-4-13(10-14)18(19)17(12-26-20)21(28)27-6-8-29-9-7-27/h1-3,11-14H,4-10H2. The smallest absolute Gasteiger partial charge is 0.416 e. The largest absolute Gasteiger partial charge is 0.439 e. The zero-order valence-electron chi connectivity index (χ0n) is 16.2. The lowest BCUT2D eigenvalue weighted by Crippen LogP contribution is -2.41. The molecule has 2 fully saturated rings. The number of alkyl halides is 3. The first-order valence-electron chi connectivity index (χ1n) is 10.2. The predicted molar refractivity (Wildman–Crippen MR) is 102 cm³/mol. The van der Waals surface area contributed by atoms with Crippen molar-refractivity contribution in [3.05, 3.63) is 52.7 Å². The van der Waals surface area contributed by atoms with Crippen molar-refractivity contribution in [2.75, 3.05) is 26.3 Å². The Balaban J connectivity index is 1.50. The summed E-state index contributed by atoms with van der Waals surface area (Å²) in [5, 5.41) is 0. The minimum Gasteiger partial charge on any atom is -0.439 e. The molecular weight excluding hydrogens is 397 g/mol. The number of amides is 1. The molecule has 2 aromatic rings. The van der Waals surface area contributed by atoms with E-state index in [4.69, 9.17) is 9.47 Å². The molecule has 0 N–H and O–H groups in total. The number of benzene rings is 1. The number of carbonyl (C=O) groups excluding carboxylic acids is 1. The van der Waals surface area contributed by atoms with Crippen molar-refractivity contribution < 1.29 is 27.4 Å². The van der Waals surface area contributed by atoms with Gasteiger partial charge in [-0.2, -0.15) is 13.2 Å². The number of rotatable bonds is 3. The minimum atomic E-state index is -4.44. The highest BCUT2D eigenvalue weighted by atomic mass is 19.4. The summed E-state index contributed by atoms with van der Waals surface area (Å²) in [7, 11) is 0. The van der Waals surface area contributed by atoms with Crippen LogP contribution in [0.5, 0.6) is 11.6 Å². The van der Waals surface area contributed by atoms with Gasteiger partial charge in [-0.05, 0) is 54.9 Å². The van der Waals surface area contributed by atoms with E-state index in [1.165, 1.54) is 18.3 Å². The fourth-order valence-electron chi connectivity index (χ4n) is 4.90. The second-order valence-electron chi connectivity index (χ2n) is 8.04. The number of morpholine rings is 1. The summed E-state index contributed by atoms with van der Waals surface area (Å²) in [6, 6.07) is 4.80. The maximum absolute atomic E-state index is 13.1. The first kappa shape index (κ1) is 19.4. The minimum absolute atomic E-state index is 0.0554. The summed E-state index contributed by atoms with van der Waals surface area (Å²) < 4.78 is 50.3. The number of aromatic nitrogens is 1. The molecule has 5 rings (SSSR count). The summed E-state index contributed by atoms with van der Waals surface area (Å²) in [5.41, 5.74) is 1.69. The fourth-order valence-corrected chi connectivity index (χ4v) is 4.90. The topological polar surface area (TPSA) is 51.7 Å². The molecule has 2 unspecified atom stereocenters. The average molecular weight is 418 g/mol. The molecule has 1 aliphatic heterocycles. The zero-order valence-corrected chi connectivity index (χ0v) is 16.2. The molecule has 2 aliphatic carbocycles. The molecule has 1 aromatic carbocycles. The molecule has 1 aromatic heterocycles. The van der Waals surface area contributed by atoms with Crippen molar-refractivity contribution in [1.82, 2.24) is 9.88 Å². The van der Waals surface area contributed by atoms with Gasteiger partial charge in [-0.3, -0.25) is 4.79 Å². The van der Waals surface area contributed by atoms with Crippen LogP contribution in [0.3, 0.4) is 0 Å². The van der Waals surface area contributed by atoms with Gasteiger partial charge >= 0.3 is 6.18 Å². The van der Waals surface area contributed by atoms with Gasteiger partial charge in [0.15, 0.2) is 0 Å². The molecule has 2 bridgehead atoms. The fraction of sp³-hybridized carbons (Fsp3) is 0.455. The van der Waals surface area contributed by atoms with Crippen molar-refractivity contribution in [1.29, 1.82) is 0 Å². The van der Waals surface area contributed by atoms with Gasteiger partial charge in [0.2, 0.25) is 5.88 Å². The number of halogens is 3. The van der Waals surface area contributed by atoms with E-state index in [1.54, 1.807) is 4.90 Å². The monoisotopic (exact) mass is 418 g/mol. The molecule has 5 nitrogen and oxygen atoms in total. The average Bonchev–Trinajstić information content (AvgIpc) is 3.37. The second kappa shape index (κ2) is 7.27. The van der Waals surface area contributed by atoms with Crippen LogP contribution in [0.25, 0.3) is 0 Å². The van der Waals surface area contributed by atoms with E-state index in [0.29, 0.717) is 37.7 Å². The van der Waals surface area contributed by atoms with Crippen molar-refractivity contribution in [3.8, 4) is 11.6 Å². The maximum atomic E-state index is 13.1. The van der Waals surface area contributed by atoms with Crippen LogP contribution in [0.15, 0.2) is 30.5 Å². The molecule has 3 aliphatic rings. The predicted octanol–water partition coefficient (Wildman–Crippen LogP) is 4.73. The van der Waals surface area contributed by atoms with Gasteiger partial charge < -0.3 is 14.4 Å². The Morgan fingerprint density at radius 3 is 2.60 bits per heavy atom. The Labute approximate surface area is 171 Å². The molecule has 30 heavy (non-hydrogen) atoms. The molecule has 158 valence electrons. The molecule has 1 saturated carbocycles. The van der Waals surface area contributed by atoms with Crippen LogP contribution in [-0.4, -0.2) is 42.1 Å². The van der Waals surface area contributed by atoms with Crippen molar-refractivity contribution in [2.24, 2.45) is 0 Å². The van der Waals surface area contributed by atoms with Crippen LogP contribution in [0.1, 0.15) is 58.1 Å². The van der Waals surface area contributed by atoms with E-state index < -0.39 is 11.7 Å². The Bertz CT molecular complexity index is 986. The highest BCUT2D eigenvalue weighted by Crippen LogP contribution is 2.57. The van der Waals surface area contributed by atoms with E-state index in [2.05, 4.69) is 4.98 Å². The van der Waals surface area contributed by atoms with E-state index in [1.807, 2.05) is 0 Å². The van der Waals surface area contributed by atoms with E-state index in [9.17, 15) is 18.0 Å². The summed E-state index contributed by atoms with van der Waals surface area (Å²) in [6.07, 6.45) is 0.00739. The van der Waals surface area contributed by atoms with E-state index >= 15 is 0 Å². The number of fused-ring (bicyclic) bond motifs is 5. The van der Waals surface area contributed by atoms with Crippen LogP contribution in [0.2, 0.25) is 0 Å². The molecule has 1 amide bonds. The normalized spacial score (nSPS) is 22.8. The molecule has 2 atom stereocenters. The first-order chi connectivity index (χ1) is 14.4. The van der Waals surface area contributed by atoms with Gasteiger partial charge in [0.25, 0.3) is 5.91 Å². The number of hydrogen-bond donors (Lipinski definition) is 0. The second-order valence-corrected chi connectivity index (χ2v) is 8.04. The summed E-state index contributed by atoms with van der Waals surface area (Å²) in [6.45, 7) is 2.13. The quantitative estimate of drug-likeness (QED) is 0.723. The molecular formula is C22H21F3N2O3. The van der Waals surface area contributed by atoms with Crippen molar-refractivity contribution >= 4 is 5.91 Å². The zero-order chi connectivity index (χ0) is 20.9. The molecule has 0 radical (unpaired) electrons. The highest BCUT2D eigenvalue weighted by molar-refractivity contribution is 5.96. The van der Waals surface area contributed by atoms with Crippen LogP contribution in [0, 0.1) is 0 Å². The van der Waals surface area contributed by atoms with Crippen LogP contribution in [0.4, 0.5) is 13.2 Å². The Kier molecular flexibility index (Phi) is 4.69. The summed E-state index contributed by atoms with van der Waals surface area (Å²) in [4.78, 5) is 19.3. The molecule has 2 heterocycles. The van der Waals surface area contributed by atoms with Gasteiger partial charge in [0.1, 0.15) is 5.75 Å². The van der Waals surface area contributed by atoms with Gasteiger partial charge in [0, 0.05) is 24.8 Å². The Morgan fingerprint density at radius 1 is 1.13 bits per heavy atom. The van der Waals surface area contributed by atoms with Crippen molar-refractivity contribution in [3.63, 3.8) is 0 Å². The summed E-state index contributed by atoms with van der Waals surface area (Å²) in [5.74, 6) is 0.859. The van der Waals surface area contributed by atoms with Gasteiger partial charge in [-0.25, -0.2) is 4.98 Å². The number of hydrogen-bond acceptors (Lipinski definition) is 4. The number of nitrogens with zero attached hydrogens (tertiary/aromatic N) is 2. The van der Waals surface area contributed by atoms with Gasteiger partial charge in [0.05, 0.1) is 24.3 Å². The lowest BCUT2D eigenvalue weighted by molar-refractivity contribution is -0.137. The first-order valence-corrected chi connectivity index (χ1v) is 10.2. The maximum Gasteiger partial charge on any atom is 0.416 e. The lowest BCUT2D eigenvalue weighted by atomic mass is 9.89. The molecule has 1 saturated heterocycles. The Morgan fingerprint density at radius 2 is 1.87 bits per heavy atom. The Hall–Kier alpha value is -2.61. The van der Waals surface area contributed by atoms with E-state index in [-0.39, 0.29) is 23.5 Å². The molecule has 8 heteroatoms. The van der Waals surface area contributed by atoms with Gasteiger partial charge in [-0.1, -0.05) is 6.07 Å².